The molecule has 0 bridgehead atoms. The van der Waals surface area contributed by atoms with Gasteiger partial charge < -0.3 is 15.3 Å². The molecule has 3 fully saturated rings. The van der Waals surface area contributed by atoms with Gasteiger partial charge in [0.2, 0.25) is 5.92 Å². The number of halogens is 2. The Hall–Kier alpha value is -1.40. The standard InChI is InChI=1S/C16H24F2N2O3/c17-16(18)6-3-11(4-7-16)8-19-14(23)20-9-12-2-1-5-15(12,10-20)13(21)22/h11-12H,1-10H2,(H,19,23)(H,21,22)/t12-,15+/m0/s1. The highest BCUT2D eigenvalue weighted by molar-refractivity contribution is 5.80. The van der Waals surface area contributed by atoms with E-state index in [2.05, 4.69) is 5.32 Å². The normalized spacial score (nSPS) is 33.5. The van der Waals surface area contributed by atoms with E-state index in [0.717, 1.165) is 12.8 Å². The van der Waals surface area contributed by atoms with E-state index in [-0.39, 0.29) is 37.3 Å². The summed E-state index contributed by atoms with van der Waals surface area (Å²) in [5.74, 6) is -3.22. The zero-order valence-corrected chi connectivity index (χ0v) is 13.2. The molecule has 1 heterocycles. The van der Waals surface area contributed by atoms with Gasteiger partial charge in [0, 0.05) is 32.5 Å². The van der Waals surface area contributed by atoms with E-state index in [1.807, 2.05) is 0 Å². The van der Waals surface area contributed by atoms with Crippen molar-refractivity contribution in [1.82, 2.24) is 10.2 Å². The van der Waals surface area contributed by atoms with E-state index < -0.39 is 17.3 Å². The number of nitrogens with one attached hydrogen (secondary N) is 1. The monoisotopic (exact) mass is 330 g/mol. The third-order valence-corrected chi connectivity index (χ3v) is 5.96. The largest absolute Gasteiger partial charge is 0.481 e. The number of alkyl halides is 2. The maximum absolute atomic E-state index is 13.1. The second-order valence-corrected chi connectivity index (χ2v) is 7.42. The molecular formula is C16H24F2N2O3. The molecule has 130 valence electrons. The Labute approximate surface area is 134 Å². The minimum absolute atomic E-state index is 0.0409. The molecule has 2 aliphatic carbocycles. The Kier molecular flexibility index (Phi) is 4.23. The molecule has 5 nitrogen and oxygen atoms in total. The van der Waals surface area contributed by atoms with Crippen LogP contribution < -0.4 is 5.32 Å². The van der Waals surface area contributed by atoms with Gasteiger partial charge in [-0.05, 0) is 37.5 Å². The summed E-state index contributed by atoms with van der Waals surface area (Å²) in [5.41, 5.74) is -0.774. The number of hydrogen-bond acceptors (Lipinski definition) is 2. The zero-order valence-electron chi connectivity index (χ0n) is 13.2. The molecule has 0 spiro atoms. The first-order valence-electron chi connectivity index (χ1n) is 8.46. The van der Waals surface area contributed by atoms with Crippen LogP contribution in [0.2, 0.25) is 0 Å². The molecule has 0 aromatic carbocycles. The molecule has 1 saturated heterocycles. The number of nitrogens with zero attached hydrogens (tertiary/aromatic N) is 1. The highest BCUT2D eigenvalue weighted by Crippen LogP contribution is 2.48. The summed E-state index contributed by atoms with van der Waals surface area (Å²) in [6.07, 6.45) is 3.03. The third-order valence-electron chi connectivity index (χ3n) is 5.96. The number of carboxylic acid groups (broad SMARTS) is 1. The fraction of sp³-hybridized carbons (Fsp3) is 0.875. The summed E-state index contributed by atoms with van der Waals surface area (Å²) in [4.78, 5) is 25.5. The fourth-order valence-corrected chi connectivity index (χ4v) is 4.44. The average Bonchev–Trinajstić information content (AvgIpc) is 3.03. The number of carbonyl (C=O) groups excluding carboxylic acids is 1. The molecule has 0 aromatic rings. The summed E-state index contributed by atoms with van der Waals surface area (Å²) in [5, 5.41) is 12.3. The predicted octanol–water partition coefficient (Wildman–Crippen LogP) is 2.71. The Bertz CT molecular complexity index is 490. The van der Waals surface area contributed by atoms with Crippen LogP contribution in [-0.4, -0.2) is 47.6 Å². The van der Waals surface area contributed by atoms with Gasteiger partial charge in [-0.2, -0.15) is 0 Å². The number of aliphatic carboxylic acids is 1. The summed E-state index contributed by atoms with van der Waals surface area (Å²) < 4.78 is 26.2. The highest BCUT2D eigenvalue weighted by atomic mass is 19.3. The lowest BCUT2D eigenvalue weighted by atomic mass is 9.81. The number of carboxylic acids is 1. The van der Waals surface area contributed by atoms with E-state index in [1.165, 1.54) is 0 Å². The van der Waals surface area contributed by atoms with Crippen molar-refractivity contribution in [1.29, 1.82) is 0 Å². The number of fused-ring (bicyclic) bond motifs is 1. The molecule has 3 rings (SSSR count). The van der Waals surface area contributed by atoms with E-state index in [1.54, 1.807) is 4.90 Å². The SMILES string of the molecule is O=C(NCC1CCC(F)(F)CC1)N1C[C@@H]2CCC[C@@]2(C(=O)O)C1. The van der Waals surface area contributed by atoms with Crippen LogP contribution in [0.4, 0.5) is 13.6 Å². The molecule has 0 unspecified atom stereocenters. The lowest BCUT2D eigenvalue weighted by Gasteiger charge is -2.29. The molecular weight excluding hydrogens is 306 g/mol. The van der Waals surface area contributed by atoms with Gasteiger partial charge in [0.05, 0.1) is 5.41 Å². The molecule has 2 amide bonds. The molecule has 3 aliphatic rings. The molecule has 2 N–H and O–H groups in total. The van der Waals surface area contributed by atoms with Crippen LogP contribution in [0.5, 0.6) is 0 Å². The Balaban J connectivity index is 1.49. The van der Waals surface area contributed by atoms with Gasteiger partial charge in [0.25, 0.3) is 0 Å². The maximum atomic E-state index is 13.1. The van der Waals surface area contributed by atoms with Crippen molar-refractivity contribution in [3.8, 4) is 0 Å². The highest BCUT2D eigenvalue weighted by Gasteiger charge is 2.55. The van der Waals surface area contributed by atoms with Gasteiger partial charge in [-0.1, -0.05) is 6.42 Å². The first-order chi connectivity index (χ1) is 10.8. The number of hydrogen-bond donors (Lipinski definition) is 2. The van der Waals surface area contributed by atoms with Crippen molar-refractivity contribution in [3.05, 3.63) is 0 Å². The first-order valence-corrected chi connectivity index (χ1v) is 8.46. The molecule has 2 atom stereocenters. The Morgan fingerprint density at radius 1 is 1.17 bits per heavy atom. The van der Waals surface area contributed by atoms with E-state index >= 15 is 0 Å². The fourth-order valence-electron chi connectivity index (χ4n) is 4.44. The molecule has 2 saturated carbocycles. The number of likely N-dealkylation sites (tertiary alicyclic amines) is 1. The van der Waals surface area contributed by atoms with E-state index in [9.17, 15) is 23.5 Å². The molecule has 0 aromatic heterocycles. The van der Waals surface area contributed by atoms with Crippen molar-refractivity contribution < 1.29 is 23.5 Å². The quantitative estimate of drug-likeness (QED) is 0.836. The number of carbonyl (C=O) groups is 2. The van der Waals surface area contributed by atoms with Gasteiger partial charge in [0.15, 0.2) is 0 Å². The number of urea groups is 1. The lowest BCUT2D eigenvalue weighted by molar-refractivity contribution is -0.149. The maximum Gasteiger partial charge on any atom is 0.317 e. The van der Waals surface area contributed by atoms with E-state index in [4.69, 9.17) is 0 Å². The third kappa shape index (κ3) is 3.15. The van der Waals surface area contributed by atoms with Crippen LogP contribution in [0.25, 0.3) is 0 Å². The van der Waals surface area contributed by atoms with Gasteiger partial charge in [-0.25, -0.2) is 13.6 Å². The number of rotatable bonds is 3. The lowest BCUT2D eigenvalue weighted by Crippen LogP contribution is -2.43. The second-order valence-electron chi connectivity index (χ2n) is 7.42. The van der Waals surface area contributed by atoms with Crippen molar-refractivity contribution in [2.75, 3.05) is 19.6 Å². The molecule has 0 radical (unpaired) electrons. The van der Waals surface area contributed by atoms with Crippen LogP contribution in [0.1, 0.15) is 44.9 Å². The minimum atomic E-state index is -2.55. The topological polar surface area (TPSA) is 69.6 Å². The van der Waals surface area contributed by atoms with Crippen LogP contribution in [0.15, 0.2) is 0 Å². The van der Waals surface area contributed by atoms with Gasteiger partial charge in [-0.15, -0.1) is 0 Å². The van der Waals surface area contributed by atoms with Crippen LogP contribution in [0, 0.1) is 17.3 Å². The average molecular weight is 330 g/mol. The van der Waals surface area contributed by atoms with Crippen molar-refractivity contribution in [2.45, 2.75) is 50.9 Å². The van der Waals surface area contributed by atoms with Crippen LogP contribution in [0.3, 0.4) is 0 Å². The van der Waals surface area contributed by atoms with Crippen LogP contribution in [-0.2, 0) is 4.79 Å². The predicted molar refractivity (Wildman–Crippen MR) is 79.3 cm³/mol. The summed E-state index contributed by atoms with van der Waals surface area (Å²) in [6.45, 7) is 1.15. The molecule has 7 heteroatoms. The van der Waals surface area contributed by atoms with Crippen molar-refractivity contribution in [2.24, 2.45) is 17.3 Å². The van der Waals surface area contributed by atoms with Crippen molar-refractivity contribution in [3.63, 3.8) is 0 Å². The summed E-state index contributed by atoms with van der Waals surface area (Å²) in [7, 11) is 0. The minimum Gasteiger partial charge on any atom is -0.481 e. The van der Waals surface area contributed by atoms with Gasteiger partial charge in [-0.3, -0.25) is 4.79 Å². The van der Waals surface area contributed by atoms with Gasteiger partial charge >= 0.3 is 12.0 Å². The zero-order chi connectivity index (χ0) is 16.7. The van der Waals surface area contributed by atoms with Crippen molar-refractivity contribution >= 4 is 12.0 Å². The second kappa shape index (κ2) is 5.91. The Morgan fingerprint density at radius 3 is 2.48 bits per heavy atom. The molecule has 1 aliphatic heterocycles. The van der Waals surface area contributed by atoms with Gasteiger partial charge in [0.1, 0.15) is 0 Å². The molecule has 23 heavy (non-hydrogen) atoms. The smallest absolute Gasteiger partial charge is 0.317 e. The first kappa shape index (κ1) is 16.5. The summed E-state index contributed by atoms with van der Waals surface area (Å²) in [6, 6.07) is -0.252. The number of amides is 2. The Morgan fingerprint density at radius 2 is 1.87 bits per heavy atom. The van der Waals surface area contributed by atoms with Crippen LogP contribution >= 0.6 is 0 Å². The van der Waals surface area contributed by atoms with E-state index in [0.29, 0.717) is 32.4 Å². The summed E-state index contributed by atoms with van der Waals surface area (Å²) >= 11 is 0.